The van der Waals surface area contributed by atoms with Crippen molar-refractivity contribution in [3.05, 3.63) is 22.3 Å². The van der Waals surface area contributed by atoms with E-state index in [-0.39, 0.29) is 0 Å². The third-order valence-corrected chi connectivity index (χ3v) is 2.79. The van der Waals surface area contributed by atoms with E-state index < -0.39 is 0 Å². The van der Waals surface area contributed by atoms with Gasteiger partial charge in [-0.05, 0) is 28.8 Å². The van der Waals surface area contributed by atoms with Crippen LogP contribution in [0.3, 0.4) is 0 Å². The Balaban J connectivity index is 2.34. The summed E-state index contributed by atoms with van der Waals surface area (Å²) in [6, 6.07) is 0. The number of hydrogen-bond donors (Lipinski definition) is 0. The van der Waals surface area contributed by atoms with Gasteiger partial charge in [-0.15, -0.1) is 0 Å². The van der Waals surface area contributed by atoms with E-state index in [4.69, 9.17) is 4.42 Å². The predicted molar refractivity (Wildman–Crippen MR) is 64.0 cm³/mol. The summed E-state index contributed by atoms with van der Waals surface area (Å²) in [5, 5.41) is 0. The molecule has 1 aliphatic rings. The highest BCUT2D eigenvalue weighted by Crippen LogP contribution is 2.29. The number of allylic oxidation sites excluding steroid dienone is 1. The van der Waals surface area contributed by atoms with Crippen LogP contribution in [0.2, 0.25) is 0 Å². The summed E-state index contributed by atoms with van der Waals surface area (Å²) in [7, 11) is 0. The fraction of sp³-hybridized carbons (Fsp3) is 0.455. The van der Waals surface area contributed by atoms with Crippen LogP contribution in [-0.2, 0) is 0 Å². The third kappa shape index (κ3) is 2.20. The predicted octanol–water partition coefficient (Wildman–Crippen LogP) is 3.77. The summed E-state index contributed by atoms with van der Waals surface area (Å²) >= 11 is 3.40. The molecule has 3 nitrogen and oxygen atoms in total. The summed E-state index contributed by atoms with van der Waals surface area (Å²) < 4.78 is 6.46. The molecule has 0 atom stereocenters. The van der Waals surface area contributed by atoms with Crippen LogP contribution in [0.5, 0.6) is 0 Å². The SMILES string of the molecule is CC(C)c1oc(C2=CCCC=N2)nc1Br. The molecule has 2 heterocycles. The molecular weight excluding hydrogens is 256 g/mol. The van der Waals surface area contributed by atoms with Crippen molar-refractivity contribution in [1.82, 2.24) is 4.98 Å². The standard InChI is InChI=1S/C11H13BrN2O/c1-7(2)9-10(12)14-11(15-9)8-5-3-4-6-13-8/h5-7H,3-4H2,1-2H3. The number of hydrogen-bond acceptors (Lipinski definition) is 3. The fourth-order valence-electron chi connectivity index (χ4n) is 1.43. The van der Waals surface area contributed by atoms with Gasteiger partial charge in [0.25, 0.3) is 0 Å². The number of nitrogens with zero attached hydrogens (tertiary/aromatic N) is 2. The van der Waals surface area contributed by atoms with Gasteiger partial charge in [0.15, 0.2) is 0 Å². The van der Waals surface area contributed by atoms with E-state index in [1.165, 1.54) is 0 Å². The fourth-order valence-corrected chi connectivity index (χ4v) is 2.13. The zero-order valence-electron chi connectivity index (χ0n) is 8.83. The summed E-state index contributed by atoms with van der Waals surface area (Å²) in [6.45, 7) is 4.15. The lowest BCUT2D eigenvalue weighted by Crippen LogP contribution is -1.88. The van der Waals surface area contributed by atoms with Crippen LogP contribution in [0.15, 0.2) is 20.1 Å². The maximum absolute atomic E-state index is 5.68. The molecule has 1 aromatic rings. The monoisotopic (exact) mass is 268 g/mol. The highest BCUT2D eigenvalue weighted by atomic mass is 79.9. The average Bonchev–Trinajstić information content (AvgIpc) is 2.62. The molecule has 80 valence electrons. The molecule has 0 N–H and O–H groups in total. The maximum atomic E-state index is 5.68. The van der Waals surface area contributed by atoms with Crippen LogP contribution in [0.4, 0.5) is 0 Å². The highest BCUT2D eigenvalue weighted by Gasteiger charge is 2.16. The van der Waals surface area contributed by atoms with Gasteiger partial charge >= 0.3 is 0 Å². The van der Waals surface area contributed by atoms with Crippen molar-refractivity contribution in [3.63, 3.8) is 0 Å². The van der Waals surface area contributed by atoms with Crippen molar-refractivity contribution in [2.75, 3.05) is 0 Å². The Kier molecular flexibility index (Phi) is 3.05. The molecule has 15 heavy (non-hydrogen) atoms. The molecule has 0 aliphatic carbocycles. The normalized spacial score (nSPS) is 15.9. The van der Waals surface area contributed by atoms with E-state index in [9.17, 15) is 0 Å². The van der Waals surface area contributed by atoms with Crippen molar-refractivity contribution in [2.45, 2.75) is 32.6 Å². The molecule has 0 fully saturated rings. The van der Waals surface area contributed by atoms with E-state index in [1.807, 2.05) is 6.21 Å². The first-order valence-electron chi connectivity index (χ1n) is 5.07. The van der Waals surface area contributed by atoms with Crippen LogP contribution in [0.25, 0.3) is 5.70 Å². The number of rotatable bonds is 2. The highest BCUT2D eigenvalue weighted by molar-refractivity contribution is 9.10. The summed E-state index contributed by atoms with van der Waals surface area (Å²) in [4.78, 5) is 8.60. The minimum Gasteiger partial charge on any atom is -0.438 e. The summed E-state index contributed by atoms with van der Waals surface area (Å²) in [6.07, 6.45) is 5.98. The van der Waals surface area contributed by atoms with Crippen molar-refractivity contribution >= 4 is 27.8 Å². The largest absolute Gasteiger partial charge is 0.438 e. The Morgan fingerprint density at radius 1 is 1.40 bits per heavy atom. The van der Waals surface area contributed by atoms with Gasteiger partial charge in [-0.2, -0.15) is 0 Å². The molecule has 0 spiro atoms. The Labute approximate surface area is 97.4 Å². The van der Waals surface area contributed by atoms with E-state index in [2.05, 4.69) is 45.8 Å². The molecule has 0 saturated carbocycles. The van der Waals surface area contributed by atoms with Crippen LogP contribution in [0.1, 0.15) is 44.3 Å². The molecule has 0 radical (unpaired) electrons. The number of aromatic nitrogens is 1. The third-order valence-electron chi connectivity index (χ3n) is 2.22. The average molecular weight is 269 g/mol. The van der Waals surface area contributed by atoms with Gasteiger partial charge in [0.05, 0.1) is 0 Å². The molecule has 0 amide bonds. The lowest BCUT2D eigenvalue weighted by atomic mass is 10.2. The second-order valence-electron chi connectivity index (χ2n) is 3.81. The molecule has 1 aromatic heterocycles. The second-order valence-corrected chi connectivity index (χ2v) is 4.56. The Bertz CT molecular complexity index is 418. The first-order chi connectivity index (χ1) is 7.18. The molecule has 0 bridgehead atoms. The van der Waals surface area contributed by atoms with E-state index in [0.717, 1.165) is 28.9 Å². The Morgan fingerprint density at radius 2 is 2.20 bits per heavy atom. The molecular formula is C11H13BrN2O. The number of oxazole rings is 1. The quantitative estimate of drug-likeness (QED) is 0.819. The molecule has 0 unspecified atom stereocenters. The van der Waals surface area contributed by atoms with Crippen molar-refractivity contribution in [1.29, 1.82) is 0 Å². The zero-order valence-corrected chi connectivity index (χ0v) is 10.4. The smallest absolute Gasteiger partial charge is 0.246 e. The molecule has 0 aromatic carbocycles. The van der Waals surface area contributed by atoms with Crippen molar-refractivity contribution in [2.24, 2.45) is 4.99 Å². The van der Waals surface area contributed by atoms with Gasteiger partial charge in [-0.1, -0.05) is 19.9 Å². The van der Waals surface area contributed by atoms with Crippen LogP contribution in [-0.4, -0.2) is 11.2 Å². The first kappa shape index (κ1) is 10.6. The molecule has 0 saturated heterocycles. The topological polar surface area (TPSA) is 38.4 Å². The minimum atomic E-state index is 0.328. The Morgan fingerprint density at radius 3 is 2.73 bits per heavy atom. The maximum Gasteiger partial charge on any atom is 0.246 e. The van der Waals surface area contributed by atoms with E-state index in [1.54, 1.807) is 0 Å². The lowest BCUT2D eigenvalue weighted by Gasteiger charge is -2.01. The van der Waals surface area contributed by atoms with Crippen molar-refractivity contribution in [3.8, 4) is 0 Å². The summed E-state index contributed by atoms with van der Waals surface area (Å²) in [5.74, 6) is 1.82. The lowest BCUT2D eigenvalue weighted by molar-refractivity contribution is 0.469. The van der Waals surface area contributed by atoms with Gasteiger partial charge < -0.3 is 4.42 Å². The number of aliphatic imine (C=N–C) groups is 1. The van der Waals surface area contributed by atoms with E-state index in [0.29, 0.717) is 11.8 Å². The van der Waals surface area contributed by atoms with Crippen LogP contribution >= 0.6 is 15.9 Å². The van der Waals surface area contributed by atoms with Gasteiger partial charge in [0.1, 0.15) is 16.1 Å². The van der Waals surface area contributed by atoms with Gasteiger partial charge in [0.2, 0.25) is 5.89 Å². The number of halogens is 1. The molecule has 2 rings (SSSR count). The van der Waals surface area contributed by atoms with Crippen LogP contribution < -0.4 is 0 Å². The van der Waals surface area contributed by atoms with Gasteiger partial charge in [-0.3, -0.25) is 4.99 Å². The molecule has 1 aliphatic heterocycles. The second kappa shape index (κ2) is 4.31. The Hall–Kier alpha value is -0.900. The van der Waals surface area contributed by atoms with E-state index >= 15 is 0 Å². The van der Waals surface area contributed by atoms with Gasteiger partial charge in [-0.25, -0.2) is 4.98 Å². The molecule has 4 heteroatoms. The minimum absolute atomic E-state index is 0.328. The van der Waals surface area contributed by atoms with Crippen molar-refractivity contribution < 1.29 is 4.42 Å². The first-order valence-corrected chi connectivity index (χ1v) is 5.87. The van der Waals surface area contributed by atoms with Crippen LogP contribution in [0, 0.1) is 0 Å². The zero-order chi connectivity index (χ0) is 10.8. The van der Waals surface area contributed by atoms with Gasteiger partial charge in [0, 0.05) is 12.1 Å². The summed E-state index contributed by atoms with van der Waals surface area (Å²) in [5.41, 5.74) is 0.842.